The fourth-order valence-corrected chi connectivity index (χ4v) is 2.61. The summed E-state index contributed by atoms with van der Waals surface area (Å²) in [5.74, 6) is 0. The van der Waals surface area contributed by atoms with Gasteiger partial charge in [0.1, 0.15) is 19.3 Å². The smallest absolute Gasteiger partial charge is 0.407 e. The van der Waals surface area contributed by atoms with Gasteiger partial charge in [-0.2, -0.15) is 0 Å². The van der Waals surface area contributed by atoms with Crippen LogP contribution in [0.15, 0.2) is 11.6 Å². The van der Waals surface area contributed by atoms with E-state index in [1.807, 2.05) is 19.2 Å². The summed E-state index contributed by atoms with van der Waals surface area (Å²) in [6, 6.07) is 0.379. The standard InChI is InChI=1S/C9H16N2O2S.C5H10.C3H5NO2/c1-7(2)11-5-8(12)6-13-9-10-3-4-14-9;1-2-4-5-3-1;5-3-4-1-2-6-3/h3-4,7-8,11-12H,5-6H2,1-2H3;1-5H2;1-2H2,(H,4,5). The molecule has 25 heavy (non-hydrogen) atoms. The van der Waals surface area contributed by atoms with E-state index in [0.29, 0.717) is 30.9 Å². The minimum Gasteiger partial charge on any atom is -0.467 e. The first kappa shape index (κ1) is 21.7. The molecule has 2 heterocycles. The van der Waals surface area contributed by atoms with E-state index in [4.69, 9.17) is 4.74 Å². The zero-order valence-electron chi connectivity index (χ0n) is 15.2. The van der Waals surface area contributed by atoms with Gasteiger partial charge in [0, 0.05) is 24.2 Å². The van der Waals surface area contributed by atoms with E-state index in [1.54, 1.807) is 6.20 Å². The number of hydrogen-bond acceptors (Lipinski definition) is 7. The van der Waals surface area contributed by atoms with Crippen molar-refractivity contribution < 1.29 is 19.4 Å². The largest absolute Gasteiger partial charge is 0.467 e. The number of carbonyl (C=O) groups excluding carboxylic acids is 1. The molecule has 1 saturated heterocycles. The van der Waals surface area contributed by atoms with Gasteiger partial charge in [-0.3, -0.25) is 0 Å². The van der Waals surface area contributed by atoms with Crippen molar-refractivity contribution in [3.8, 4) is 5.19 Å². The first-order chi connectivity index (χ1) is 12.1. The maximum absolute atomic E-state index is 9.91. The maximum atomic E-state index is 9.91. The highest BCUT2D eigenvalue weighted by atomic mass is 32.1. The van der Waals surface area contributed by atoms with E-state index in [2.05, 4.69) is 20.4 Å². The van der Waals surface area contributed by atoms with E-state index in [9.17, 15) is 9.90 Å². The number of thiazole rings is 1. The molecule has 0 aromatic carbocycles. The third-order valence-corrected chi connectivity index (χ3v) is 4.11. The van der Waals surface area contributed by atoms with Gasteiger partial charge in [-0.05, 0) is 0 Å². The molecule has 0 spiro atoms. The Kier molecular flexibility index (Phi) is 12.0. The lowest BCUT2D eigenvalue weighted by Gasteiger charge is -2.13. The summed E-state index contributed by atoms with van der Waals surface area (Å²) >= 11 is 1.42. The second-order valence-electron chi connectivity index (χ2n) is 6.16. The number of aromatic nitrogens is 1. The number of cyclic esters (lactones) is 1. The SMILES string of the molecule is C1CCCC1.CC(C)NCC(O)COc1nccs1.O=C1NCCO1. The molecular formula is C17H31N3O4S. The van der Waals surface area contributed by atoms with Crippen molar-refractivity contribution in [1.82, 2.24) is 15.6 Å². The summed E-state index contributed by atoms with van der Waals surface area (Å²) in [7, 11) is 0. The highest BCUT2D eigenvalue weighted by molar-refractivity contribution is 7.11. The zero-order chi connectivity index (χ0) is 18.3. The molecule has 3 N–H and O–H groups in total. The molecule has 8 heteroatoms. The van der Waals surface area contributed by atoms with Gasteiger partial charge < -0.3 is 25.2 Å². The number of carbonyl (C=O) groups is 1. The molecule has 144 valence electrons. The molecule has 2 fully saturated rings. The van der Waals surface area contributed by atoms with Gasteiger partial charge in [-0.1, -0.05) is 57.3 Å². The molecule has 3 rings (SSSR count). The molecule has 2 aliphatic rings. The zero-order valence-corrected chi connectivity index (χ0v) is 16.0. The second-order valence-corrected chi connectivity index (χ2v) is 7.01. The van der Waals surface area contributed by atoms with Crippen LogP contribution in [0.25, 0.3) is 0 Å². The Labute approximate surface area is 154 Å². The van der Waals surface area contributed by atoms with Crippen LogP contribution in [-0.2, 0) is 4.74 Å². The van der Waals surface area contributed by atoms with E-state index < -0.39 is 6.10 Å². The highest BCUT2D eigenvalue weighted by Gasteiger charge is 2.07. The van der Waals surface area contributed by atoms with Crippen LogP contribution in [0.3, 0.4) is 0 Å². The van der Waals surface area contributed by atoms with E-state index >= 15 is 0 Å². The second kappa shape index (κ2) is 13.9. The maximum Gasteiger partial charge on any atom is 0.407 e. The third kappa shape index (κ3) is 12.6. The summed E-state index contributed by atoms with van der Waals surface area (Å²) in [4.78, 5) is 13.9. The van der Waals surface area contributed by atoms with Gasteiger partial charge in [0.2, 0.25) is 0 Å². The minimum atomic E-state index is -0.485. The lowest BCUT2D eigenvalue weighted by molar-refractivity contribution is 0.104. The van der Waals surface area contributed by atoms with Crippen LogP contribution < -0.4 is 15.4 Å². The Bertz CT molecular complexity index is 424. The van der Waals surface area contributed by atoms with Gasteiger partial charge >= 0.3 is 6.09 Å². The number of aliphatic hydroxyl groups excluding tert-OH is 1. The Hall–Kier alpha value is -1.38. The predicted molar refractivity (Wildman–Crippen MR) is 99.2 cm³/mol. The number of alkyl carbamates (subject to hydrolysis) is 1. The van der Waals surface area contributed by atoms with Gasteiger partial charge in [0.15, 0.2) is 0 Å². The monoisotopic (exact) mass is 373 g/mol. The number of hydrogen-bond donors (Lipinski definition) is 3. The molecule has 1 aliphatic carbocycles. The normalized spacial score (nSPS) is 16.9. The number of nitrogens with one attached hydrogen (secondary N) is 2. The fraction of sp³-hybridized carbons (Fsp3) is 0.765. The number of aliphatic hydroxyl groups is 1. The van der Waals surface area contributed by atoms with Gasteiger partial charge in [0.25, 0.3) is 5.19 Å². The van der Waals surface area contributed by atoms with Gasteiger partial charge in [-0.15, -0.1) is 0 Å². The molecule has 1 saturated carbocycles. The van der Waals surface area contributed by atoms with Crippen LogP contribution in [0.5, 0.6) is 5.19 Å². The fourth-order valence-electron chi connectivity index (χ4n) is 2.11. The van der Waals surface area contributed by atoms with Crippen LogP contribution in [0.4, 0.5) is 4.79 Å². The summed E-state index contributed by atoms with van der Waals surface area (Å²) < 4.78 is 9.66. The molecule has 1 aromatic rings. The average Bonchev–Trinajstić information content (AvgIpc) is 3.35. The quantitative estimate of drug-likeness (QED) is 0.710. The van der Waals surface area contributed by atoms with Crippen LogP contribution in [0, 0.1) is 0 Å². The molecular weight excluding hydrogens is 342 g/mol. The topological polar surface area (TPSA) is 92.7 Å². The summed E-state index contributed by atoms with van der Waals surface area (Å²) in [5.41, 5.74) is 0. The first-order valence-corrected chi connectivity index (χ1v) is 9.80. The predicted octanol–water partition coefficient (Wildman–Crippen LogP) is 2.56. The number of amides is 1. The number of rotatable bonds is 6. The van der Waals surface area contributed by atoms with Crippen LogP contribution in [0.1, 0.15) is 46.0 Å². The van der Waals surface area contributed by atoms with Crippen molar-refractivity contribution in [3.63, 3.8) is 0 Å². The van der Waals surface area contributed by atoms with Crippen molar-refractivity contribution in [2.45, 2.75) is 58.1 Å². The molecule has 0 radical (unpaired) electrons. The molecule has 1 atom stereocenters. The van der Waals surface area contributed by atoms with Crippen molar-refractivity contribution >= 4 is 17.4 Å². The molecule has 0 bridgehead atoms. The van der Waals surface area contributed by atoms with Gasteiger partial charge in [0.05, 0.1) is 6.54 Å². The van der Waals surface area contributed by atoms with E-state index in [0.717, 1.165) is 0 Å². The Morgan fingerprint density at radius 1 is 1.36 bits per heavy atom. The molecule has 1 amide bonds. The van der Waals surface area contributed by atoms with Crippen LogP contribution in [-0.4, -0.2) is 54.6 Å². The lowest BCUT2D eigenvalue weighted by atomic mass is 10.3. The number of nitrogens with zero attached hydrogens (tertiary/aromatic N) is 1. The van der Waals surface area contributed by atoms with Crippen molar-refractivity contribution in [2.24, 2.45) is 0 Å². The Morgan fingerprint density at radius 3 is 2.44 bits per heavy atom. The van der Waals surface area contributed by atoms with Crippen molar-refractivity contribution in [1.29, 1.82) is 0 Å². The summed E-state index contributed by atoms with van der Waals surface area (Å²) in [5, 5.41) is 17.5. The average molecular weight is 374 g/mol. The Balaban J connectivity index is 0.000000230. The minimum absolute atomic E-state index is 0.285. The van der Waals surface area contributed by atoms with Crippen molar-refractivity contribution in [2.75, 3.05) is 26.3 Å². The summed E-state index contributed by atoms with van der Waals surface area (Å²) in [6.07, 6.45) is 8.40. The summed E-state index contributed by atoms with van der Waals surface area (Å²) in [6.45, 7) is 6.09. The molecule has 1 aromatic heterocycles. The molecule has 7 nitrogen and oxygen atoms in total. The van der Waals surface area contributed by atoms with Crippen LogP contribution >= 0.6 is 11.3 Å². The van der Waals surface area contributed by atoms with Gasteiger partial charge in [-0.25, -0.2) is 9.78 Å². The van der Waals surface area contributed by atoms with E-state index in [1.165, 1.54) is 43.4 Å². The Morgan fingerprint density at radius 2 is 2.04 bits per heavy atom. The third-order valence-electron chi connectivity index (χ3n) is 3.43. The molecule has 1 aliphatic heterocycles. The molecule has 1 unspecified atom stereocenters. The van der Waals surface area contributed by atoms with E-state index in [-0.39, 0.29) is 12.7 Å². The first-order valence-electron chi connectivity index (χ1n) is 8.92. The lowest BCUT2D eigenvalue weighted by Crippen LogP contribution is -2.35. The number of ether oxygens (including phenoxy) is 2. The highest BCUT2D eigenvalue weighted by Crippen LogP contribution is 2.15. The van der Waals surface area contributed by atoms with Crippen LogP contribution in [0.2, 0.25) is 0 Å². The van der Waals surface area contributed by atoms with Crippen molar-refractivity contribution in [3.05, 3.63) is 11.6 Å².